The van der Waals surface area contributed by atoms with Gasteiger partial charge in [0.15, 0.2) is 0 Å². The Morgan fingerprint density at radius 3 is 1.97 bits per heavy atom. The lowest BCUT2D eigenvalue weighted by atomic mass is 10.1. The van der Waals surface area contributed by atoms with Crippen molar-refractivity contribution in [1.82, 2.24) is 14.4 Å². The van der Waals surface area contributed by atoms with Gasteiger partial charge in [0.25, 0.3) is 23.5 Å². The maximum atomic E-state index is 13.3. The number of piperazine rings is 1. The average molecular weight is 544 g/mol. The van der Waals surface area contributed by atoms with E-state index in [1.807, 2.05) is 24.3 Å². The molecule has 0 spiro atoms. The molecule has 1 aliphatic rings. The Kier molecular flexibility index (Phi) is 6.52. The smallest absolute Gasteiger partial charge is 0.295 e. The number of carbonyl (C=O) groups excluding carboxylic acids is 4. The van der Waals surface area contributed by atoms with Gasteiger partial charge in [-0.25, -0.2) is 0 Å². The Balaban J connectivity index is 1.36. The second-order valence-corrected chi connectivity index (χ2v) is 9.35. The fraction of sp³-hybridized carbons (Fsp3) is 0.143. The molecule has 5 rings (SSSR count). The molecular weight excluding hydrogens is 522 g/mol. The van der Waals surface area contributed by atoms with E-state index >= 15 is 0 Å². The first-order chi connectivity index (χ1) is 17.5. The van der Waals surface area contributed by atoms with E-state index < -0.39 is 11.7 Å². The van der Waals surface area contributed by atoms with Crippen molar-refractivity contribution in [2.24, 2.45) is 0 Å². The van der Waals surface area contributed by atoms with Gasteiger partial charge in [-0.05, 0) is 46.3 Å². The molecule has 7 nitrogen and oxygen atoms in total. The summed E-state index contributed by atoms with van der Waals surface area (Å²) in [5.74, 6) is -1.72. The molecule has 0 atom stereocenters. The molecule has 1 saturated heterocycles. The van der Waals surface area contributed by atoms with Crippen LogP contribution in [-0.4, -0.2) is 64.1 Å². The third kappa shape index (κ3) is 4.35. The molecule has 1 aromatic heterocycles. The molecule has 0 unspecified atom stereocenters. The van der Waals surface area contributed by atoms with Crippen molar-refractivity contribution in [1.29, 1.82) is 0 Å². The van der Waals surface area contributed by atoms with E-state index in [9.17, 15) is 19.2 Å². The number of nitrogens with zero attached hydrogens (tertiary/aromatic N) is 3. The van der Waals surface area contributed by atoms with Crippen LogP contribution in [0.1, 0.15) is 31.1 Å². The topological polar surface area (TPSA) is 79.7 Å². The molecule has 0 saturated carbocycles. The van der Waals surface area contributed by atoms with Crippen molar-refractivity contribution in [3.05, 3.63) is 106 Å². The Labute approximate surface area is 216 Å². The van der Waals surface area contributed by atoms with Gasteiger partial charge in [-0.1, -0.05) is 48.5 Å². The summed E-state index contributed by atoms with van der Waals surface area (Å²) >= 11 is 3.41. The Bertz CT molecular complexity index is 1490. The van der Waals surface area contributed by atoms with Gasteiger partial charge in [-0.15, -0.1) is 0 Å². The second kappa shape index (κ2) is 9.91. The number of amides is 2. The summed E-state index contributed by atoms with van der Waals surface area (Å²) in [6.07, 6.45) is 1.45. The number of ketones is 1. The van der Waals surface area contributed by atoms with E-state index in [4.69, 9.17) is 0 Å². The molecule has 36 heavy (non-hydrogen) atoms. The summed E-state index contributed by atoms with van der Waals surface area (Å²) in [6.45, 7) is 1.21. The summed E-state index contributed by atoms with van der Waals surface area (Å²) in [4.78, 5) is 55.6. The number of fused-ring (bicyclic) bond motifs is 1. The van der Waals surface area contributed by atoms with Crippen LogP contribution >= 0.6 is 15.9 Å². The third-order valence-electron chi connectivity index (χ3n) is 6.35. The highest BCUT2D eigenvalue weighted by Crippen LogP contribution is 2.26. The van der Waals surface area contributed by atoms with E-state index in [-0.39, 0.29) is 30.5 Å². The van der Waals surface area contributed by atoms with Gasteiger partial charge in [0.2, 0.25) is 0 Å². The molecule has 2 heterocycles. The van der Waals surface area contributed by atoms with Crippen LogP contribution in [0.25, 0.3) is 10.9 Å². The van der Waals surface area contributed by atoms with Crippen molar-refractivity contribution < 1.29 is 19.2 Å². The van der Waals surface area contributed by atoms with Gasteiger partial charge < -0.3 is 9.80 Å². The summed E-state index contributed by atoms with van der Waals surface area (Å²) in [7, 11) is 0. The lowest BCUT2D eigenvalue weighted by Gasteiger charge is -2.34. The number of hydrogen-bond acceptors (Lipinski definition) is 4. The molecule has 1 aliphatic heterocycles. The predicted octanol–water partition coefficient (Wildman–Crippen LogP) is 4.26. The highest BCUT2D eigenvalue weighted by Gasteiger charge is 2.31. The highest BCUT2D eigenvalue weighted by molar-refractivity contribution is 9.10. The van der Waals surface area contributed by atoms with Crippen LogP contribution in [0.3, 0.4) is 0 Å². The number of benzene rings is 3. The summed E-state index contributed by atoms with van der Waals surface area (Å²) < 4.78 is 2.05. The molecule has 0 bridgehead atoms. The number of carbonyl (C=O) groups is 4. The van der Waals surface area contributed by atoms with Crippen molar-refractivity contribution in [3.63, 3.8) is 0 Å². The maximum Gasteiger partial charge on any atom is 0.295 e. The van der Waals surface area contributed by atoms with Crippen LogP contribution < -0.4 is 0 Å². The molecule has 4 aromatic rings. The average Bonchev–Trinajstić information content (AvgIpc) is 3.32. The lowest BCUT2D eigenvalue weighted by molar-refractivity contribution is -0.127. The van der Waals surface area contributed by atoms with Crippen molar-refractivity contribution in [2.75, 3.05) is 26.2 Å². The van der Waals surface area contributed by atoms with E-state index in [1.54, 1.807) is 59.5 Å². The minimum atomic E-state index is -0.673. The number of aromatic nitrogens is 1. The third-order valence-corrected chi connectivity index (χ3v) is 7.04. The van der Waals surface area contributed by atoms with Crippen LogP contribution in [0.5, 0.6) is 0 Å². The minimum Gasteiger partial charge on any atom is -0.335 e. The van der Waals surface area contributed by atoms with E-state index in [2.05, 4.69) is 15.9 Å². The van der Waals surface area contributed by atoms with Crippen LogP contribution in [-0.2, 0) is 4.79 Å². The van der Waals surface area contributed by atoms with Gasteiger partial charge in [-0.3, -0.25) is 23.7 Å². The molecule has 2 amide bonds. The lowest BCUT2D eigenvalue weighted by Crippen LogP contribution is -2.52. The zero-order chi connectivity index (χ0) is 25.2. The van der Waals surface area contributed by atoms with Crippen molar-refractivity contribution in [3.8, 4) is 0 Å². The molecule has 3 aromatic carbocycles. The normalized spacial score (nSPS) is 13.6. The summed E-state index contributed by atoms with van der Waals surface area (Å²) in [6, 6.07) is 23.1. The van der Waals surface area contributed by atoms with Gasteiger partial charge in [0.05, 0.1) is 16.6 Å². The van der Waals surface area contributed by atoms with E-state index in [0.29, 0.717) is 39.6 Å². The van der Waals surface area contributed by atoms with E-state index in [1.165, 1.54) is 15.7 Å². The molecule has 8 heteroatoms. The first kappa shape index (κ1) is 23.7. The standard InChI is InChI=1S/C28H22BrN3O4/c29-23-12-6-4-11-21(23)27(35)32-18-22(20-10-5-7-13-24(20)32)25(33)28(36)31-16-14-30(15-17-31)26(34)19-8-2-1-3-9-19/h1-13,18H,14-17H2. The largest absolute Gasteiger partial charge is 0.335 e. The monoisotopic (exact) mass is 543 g/mol. The van der Waals surface area contributed by atoms with E-state index in [0.717, 1.165) is 0 Å². The summed E-state index contributed by atoms with van der Waals surface area (Å²) in [5.41, 5.74) is 1.77. The maximum absolute atomic E-state index is 13.3. The van der Waals surface area contributed by atoms with Crippen LogP contribution in [0.15, 0.2) is 89.5 Å². The Morgan fingerprint density at radius 2 is 1.25 bits per heavy atom. The second-order valence-electron chi connectivity index (χ2n) is 8.49. The molecule has 180 valence electrons. The minimum absolute atomic E-state index is 0.0947. The number of para-hydroxylation sites is 1. The van der Waals surface area contributed by atoms with Crippen molar-refractivity contribution >= 4 is 50.3 Å². The zero-order valence-corrected chi connectivity index (χ0v) is 20.8. The van der Waals surface area contributed by atoms with Crippen molar-refractivity contribution in [2.45, 2.75) is 0 Å². The molecule has 1 fully saturated rings. The molecule has 0 N–H and O–H groups in total. The predicted molar refractivity (Wildman–Crippen MR) is 139 cm³/mol. The Morgan fingerprint density at radius 1 is 0.639 bits per heavy atom. The van der Waals surface area contributed by atoms with Gasteiger partial charge in [0.1, 0.15) is 0 Å². The van der Waals surface area contributed by atoms with Gasteiger partial charge >= 0.3 is 0 Å². The molecular formula is C28H22BrN3O4. The first-order valence-corrected chi connectivity index (χ1v) is 12.3. The van der Waals surface area contributed by atoms with Gasteiger partial charge in [0, 0.05) is 47.8 Å². The van der Waals surface area contributed by atoms with Gasteiger partial charge in [-0.2, -0.15) is 0 Å². The SMILES string of the molecule is O=C(C(=O)N1CCN(C(=O)c2ccccc2)CC1)c1cn(C(=O)c2ccccc2Br)c2ccccc12. The quantitative estimate of drug-likeness (QED) is 0.284. The highest BCUT2D eigenvalue weighted by atomic mass is 79.9. The first-order valence-electron chi connectivity index (χ1n) is 11.5. The fourth-order valence-electron chi connectivity index (χ4n) is 4.43. The van der Waals surface area contributed by atoms with Crippen LogP contribution in [0, 0.1) is 0 Å². The molecule has 0 radical (unpaired) electrons. The van der Waals surface area contributed by atoms with Crippen LogP contribution in [0.4, 0.5) is 0 Å². The number of rotatable bonds is 4. The number of hydrogen-bond donors (Lipinski definition) is 0. The number of Topliss-reactive ketones (excluding diaryl/α,β-unsaturated/α-hetero) is 1. The Hall–Kier alpha value is -4.04. The number of halogens is 1. The summed E-state index contributed by atoms with van der Waals surface area (Å²) in [5, 5.41) is 0.536. The molecule has 0 aliphatic carbocycles. The van der Waals surface area contributed by atoms with Crippen LogP contribution in [0.2, 0.25) is 0 Å². The fourth-order valence-corrected chi connectivity index (χ4v) is 4.88. The zero-order valence-electron chi connectivity index (χ0n) is 19.3.